The van der Waals surface area contributed by atoms with Crippen molar-refractivity contribution in [1.82, 2.24) is 20.4 Å². The third-order valence-electron chi connectivity index (χ3n) is 7.32. The van der Waals surface area contributed by atoms with E-state index >= 15 is 0 Å². The predicted molar refractivity (Wildman–Crippen MR) is 137 cm³/mol. The van der Waals surface area contributed by atoms with Crippen molar-refractivity contribution in [1.29, 1.82) is 0 Å². The Kier molecular flexibility index (Phi) is 10.2. The Bertz CT molecular complexity index is 685. The molecule has 0 aromatic heterocycles. The zero-order valence-corrected chi connectivity index (χ0v) is 20.6. The van der Waals surface area contributed by atoms with Gasteiger partial charge in [0.25, 0.3) is 0 Å². The van der Waals surface area contributed by atoms with E-state index in [-0.39, 0.29) is 0 Å². The van der Waals surface area contributed by atoms with Crippen LogP contribution in [0.3, 0.4) is 0 Å². The fourth-order valence-corrected chi connectivity index (χ4v) is 5.00. The van der Waals surface area contributed by atoms with Crippen LogP contribution in [0.2, 0.25) is 0 Å². The molecular formula is C28H44N4. The van der Waals surface area contributed by atoms with Gasteiger partial charge >= 0.3 is 0 Å². The normalized spacial score (nSPS) is 26.9. The van der Waals surface area contributed by atoms with Crippen molar-refractivity contribution in [2.75, 3.05) is 40.3 Å². The van der Waals surface area contributed by atoms with Crippen molar-refractivity contribution in [3.63, 3.8) is 0 Å². The molecule has 2 aromatic carbocycles. The number of rotatable bonds is 6. The number of hydrogen-bond donors (Lipinski definition) is 2. The Morgan fingerprint density at radius 2 is 1.03 bits per heavy atom. The molecule has 2 heterocycles. The number of piperidine rings is 2. The van der Waals surface area contributed by atoms with Gasteiger partial charge < -0.3 is 10.6 Å². The van der Waals surface area contributed by atoms with Crippen LogP contribution >= 0.6 is 0 Å². The second-order valence-electron chi connectivity index (χ2n) is 9.76. The van der Waals surface area contributed by atoms with Gasteiger partial charge in [-0.3, -0.25) is 9.80 Å². The summed E-state index contributed by atoms with van der Waals surface area (Å²) in [5, 5.41) is 6.86. The van der Waals surface area contributed by atoms with Gasteiger partial charge in [0.05, 0.1) is 0 Å². The lowest BCUT2D eigenvalue weighted by Gasteiger charge is -2.37. The zero-order chi connectivity index (χ0) is 22.8. The summed E-state index contributed by atoms with van der Waals surface area (Å²) < 4.78 is 0. The van der Waals surface area contributed by atoms with Gasteiger partial charge in [-0.05, 0) is 63.0 Å². The van der Waals surface area contributed by atoms with Crippen LogP contribution in [-0.2, 0) is 13.1 Å². The average molecular weight is 437 g/mol. The molecule has 2 aromatic rings. The summed E-state index contributed by atoms with van der Waals surface area (Å²) in [6, 6.07) is 22.8. The molecule has 2 N–H and O–H groups in total. The van der Waals surface area contributed by atoms with Gasteiger partial charge in [0.2, 0.25) is 0 Å². The fourth-order valence-electron chi connectivity index (χ4n) is 5.00. The largest absolute Gasteiger partial charge is 0.315 e. The molecule has 176 valence electrons. The smallest absolute Gasteiger partial charge is 0.0234 e. The maximum Gasteiger partial charge on any atom is 0.0234 e. The van der Waals surface area contributed by atoms with Crippen LogP contribution in [0.15, 0.2) is 60.7 Å². The Balaban J connectivity index is 0.000000181. The first kappa shape index (κ1) is 24.9. The molecule has 2 fully saturated rings. The molecule has 4 heteroatoms. The molecule has 2 aliphatic heterocycles. The number of likely N-dealkylation sites (tertiary alicyclic amines) is 2. The topological polar surface area (TPSA) is 30.5 Å². The van der Waals surface area contributed by atoms with Crippen LogP contribution in [-0.4, -0.2) is 62.2 Å². The van der Waals surface area contributed by atoms with E-state index in [1.54, 1.807) is 0 Å². The third-order valence-corrected chi connectivity index (χ3v) is 7.32. The summed E-state index contributed by atoms with van der Waals surface area (Å²) in [4.78, 5) is 5.10. The van der Waals surface area contributed by atoms with E-state index in [1.165, 1.54) is 50.1 Å². The molecule has 4 rings (SSSR count). The second-order valence-corrected chi connectivity index (χ2v) is 9.76. The molecule has 0 aliphatic carbocycles. The quantitative estimate of drug-likeness (QED) is 0.709. The van der Waals surface area contributed by atoms with Crippen LogP contribution in [0.1, 0.15) is 37.8 Å². The van der Waals surface area contributed by atoms with E-state index in [2.05, 4.69) is 109 Å². The lowest BCUT2D eigenvalue weighted by molar-refractivity contribution is 0.147. The van der Waals surface area contributed by atoms with Crippen molar-refractivity contribution in [3.8, 4) is 0 Å². The summed E-state index contributed by atoms with van der Waals surface area (Å²) >= 11 is 0. The fraction of sp³-hybridized carbons (Fsp3) is 0.571. The van der Waals surface area contributed by atoms with Gasteiger partial charge in [-0.2, -0.15) is 0 Å². The standard InChI is InChI=1S/2C14H22N2/c2*1-12-8-9-16(11-14(12)15-2)10-13-6-4-3-5-7-13/h2*3-7,12,14-15H,8-11H2,1-2H3/t2*12-,14-/m10/s1. The van der Waals surface area contributed by atoms with Crippen LogP contribution in [0.5, 0.6) is 0 Å². The Morgan fingerprint density at radius 1 is 0.656 bits per heavy atom. The van der Waals surface area contributed by atoms with Gasteiger partial charge in [0.15, 0.2) is 0 Å². The first-order chi connectivity index (χ1) is 15.6. The van der Waals surface area contributed by atoms with Crippen molar-refractivity contribution in [2.24, 2.45) is 11.8 Å². The number of nitrogens with zero attached hydrogens (tertiary/aromatic N) is 2. The summed E-state index contributed by atoms with van der Waals surface area (Å²) in [6.07, 6.45) is 2.61. The zero-order valence-electron chi connectivity index (χ0n) is 20.6. The van der Waals surface area contributed by atoms with E-state index < -0.39 is 0 Å². The van der Waals surface area contributed by atoms with Crippen LogP contribution in [0, 0.1) is 11.8 Å². The molecule has 0 saturated carbocycles. The highest BCUT2D eigenvalue weighted by Gasteiger charge is 2.25. The number of nitrogens with one attached hydrogen (secondary N) is 2. The third kappa shape index (κ3) is 7.70. The number of likely N-dealkylation sites (N-methyl/N-ethyl adjacent to an activating group) is 2. The summed E-state index contributed by atoms with van der Waals surface area (Å²) in [6.45, 7) is 11.7. The number of benzene rings is 2. The minimum absolute atomic E-state index is 0.650. The monoisotopic (exact) mass is 436 g/mol. The molecule has 4 nitrogen and oxygen atoms in total. The van der Waals surface area contributed by atoms with Gasteiger partial charge in [0.1, 0.15) is 0 Å². The van der Waals surface area contributed by atoms with Gasteiger partial charge in [-0.1, -0.05) is 74.5 Å². The van der Waals surface area contributed by atoms with Crippen molar-refractivity contribution in [2.45, 2.75) is 51.9 Å². The molecular weight excluding hydrogens is 392 g/mol. The Labute approximate surface area is 196 Å². The number of hydrogen-bond acceptors (Lipinski definition) is 4. The molecule has 32 heavy (non-hydrogen) atoms. The highest BCUT2D eigenvalue weighted by Crippen LogP contribution is 2.19. The molecule has 0 amide bonds. The van der Waals surface area contributed by atoms with Crippen molar-refractivity contribution < 1.29 is 0 Å². The molecule has 4 atom stereocenters. The predicted octanol–water partition coefficient (Wildman–Crippen LogP) is 4.23. The van der Waals surface area contributed by atoms with Crippen molar-refractivity contribution >= 4 is 0 Å². The lowest BCUT2D eigenvalue weighted by Crippen LogP contribution is -2.48. The molecule has 0 spiro atoms. The maximum atomic E-state index is 3.43. The van der Waals surface area contributed by atoms with E-state index in [1.807, 2.05) is 0 Å². The van der Waals surface area contributed by atoms with Crippen LogP contribution in [0.25, 0.3) is 0 Å². The average Bonchev–Trinajstić information content (AvgIpc) is 2.83. The maximum absolute atomic E-state index is 3.43. The van der Waals surface area contributed by atoms with E-state index in [0.29, 0.717) is 12.1 Å². The lowest BCUT2D eigenvalue weighted by atomic mass is 9.93. The SMILES string of the molecule is CN[C@@H]1CN(Cc2ccccc2)CC[C@H]1C.CN[C@H]1CN(Cc2ccccc2)CC[C@@H]1C. The Morgan fingerprint density at radius 3 is 1.38 bits per heavy atom. The molecule has 2 saturated heterocycles. The second kappa shape index (κ2) is 13.1. The van der Waals surface area contributed by atoms with Crippen molar-refractivity contribution in [3.05, 3.63) is 71.8 Å². The Hall–Kier alpha value is -1.72. The molecule has 2 aliphatic rings. The first-order valence-corrected chi connectivity index (χ1v) is 12.5. The van der Waals surface area contributed by atoms with Crippen LogP contribution in [0.4, 0.5) is 0 Å². The molecule has 0 unspecified atom stereocenters. The minimum atomic E-state index is 0.650. The summed E-state index contributed by atoms with van der Waals surface area (Å²) in [5.74, 6) is 1.61. The van der Waals surface area contributed by atoms with E-state index in [9.17, 15) is 0 Å². The van der Waals surface area contributed by atoms with Gasteiger partial charge in [-0.25, -0.2) is 0 Å². The van der Waals surface area contributed by atoms with E-state index in [4.69, 9.17) is 0 Å². The van der Waals surface area contributed by atoms with E-state index in [0.717, 1.165) is 24.9 Å². The highest BCUT2D eigenvalue weighted by atomic mass is 15.2. The summed E-state index contributed by atoms with van der Waals surface area (Å²) in [7, 11) is 4.15. The highest BCUT2D eigenvalue weighted by molar-refractivity contribution is 5.15. The summed E-state index contributed by atoms with van der Waals surface area (Å²) in [5.41, 5.74) is 2.85. The van der Waals surface area contributed by atoms with Gasteiger partial charge in [-0.15, -0.1) is 0 Å². The first-order valence-electron chi connectivity index (χ1n) is 12.5. The van der Waals surface area contributed by atoms with Gasteiger partial charge in [0, 0.05) is 38.3 Å². The van der Waals surface area contributed by atoms with Crippen LogP contribution < -0.4 is 10.6 Å². The molecule has 0 bridgehead atoms. The minimum Gasteiger partial charge on any atom is -0.315 e. The molecule has 0 radical (unpaired) electrons.